The van der Waals surface area contributed by atoms with Crippen molar-refractivity contribution in [1.29, 1.82) is 0 Å². The molecule has 0 spiro atoms. The topological polar surface area (TPSA) is 6.48 Å². The Morgan fingerprint density at radius 1 is 0.750 bits per heavy atom. The smallest absolute Gasteiger partial charge is 0.0138 e. The molecule has 16 heavy (non-hydrogen) atoms. The second-order valence-corrected chi connectivity index (χ2v) is 5.68. The fourth-order valence-electron chi connectivity index (χ4n) is 3.37. The molecule has 2 aliphatic rings. The molecular weight excluding hydrogens is 196 g/mol. The molecule has 0 aromatic rings. The van der Waals surface area contributed by atoms with Crippen molar-refractivity contribution in [2.45, 2.75) is 58.8 Å². The lowest BCUT2D eigenvalue weighted by Crippen LogP contribution is -2.51. The molecule has 0 radical (unpaired) electrons. The van der Waals surface area contributed by atoms with Crippen molar-refractivity contribution in [3.8, 4) is 0 Å². The summed E-state index contributed by atoms with van der Waals surface area (Å²) in [6.45, 7) is 9.99. The third kappa shape index (κ3) is 2.60. The first-order valence-electron chi connectivity index (χ1n) is 7.29. The molecule has 2 saturated heterocycles. The highest BCUT2D eigenvalue weighted by Gasteiger charge is 2.33. The highest BCUT2D eigenvalue weighted by atomic mass is 15.6. The van der Waals surface area contributed by atoms with Crippen LogP contribution in [0.5, 0.6) is 0 Å². The summed E-state index contributed by atoms with van der Waals surface area (Å²) >= 11 is 0. The van der Waals surface area contributed by atoms with Gasteiger partial charge in [-0.15, -0.1) is 0 Å². The van der Waals surface area contributed by atoms with Gasteiger partial charge in [0.05, 0.1) is 0 Å². The van der Waals surface area contributed by atoms with Gasteiger partial charge < -0.3 is 0 Å². The Hall–Kier alpha value is -0.0800. The molecule has 2 fully saturated rings. The summed E-state index contributed by atoms with van der Waals surface area (Å²) in [6.07, 6.45) is 9.83. The normalized spacial score (nSPS) is 28.1. The number of piperidine rings is 2. The van der Waals surface area contributed by atoms with E-state index in [4.69, 9.17) is 0 Å². The maximum Gasteiger partial charge on any atom is 0.0138 e. The number of hydrogen-bond donors (Lipinski definition) is 0. The molecule has 0 atom stereocenters. The van der Waals surface area contributed by atoms with Crippen LogP contribution in [0.15, 0.2) is 0 Å². The quantitative estimate of drug-likeness (QED) is 0.726. The van der Waals surface area contributed by atoms with Crippen LogP contribution in [-0.2, 0) is 0 Å². The maximum absolute atomic E-state index is 2.64. The highest BCUT2D eigenvalue weighted by molar-refractivity contribution is 4.83. The second kappa shape index (κ2) is 5.50. The molecule has 2 heterocycles. The minimum atomic E-state index is 0.673. The zero-order chi connectivity index (χ0) is 11.4. The number of hydrazine groups is 1. The lowest BCUT2D eigenvalue weighted by molar-refractivity contribution is -0.0789. The monoisotopic (exact) mass is 224 g/mol. The van der Waals surface area contributed by atoms with E-state index < -0.39 is 0 Å². The van der Waals surface area contributed by atoms with E-state index in [1.165, 1.54) is 71.1 Å². The summed E-state index contributed by atoms with van der Waals surface area (Å²) in [7, 11) is 0. The van der Waals surface area contributed by atoms with Crippen LogP contribution < -0.4 is 0 Å². The Bertz CT molecular complexity index is 195. The van der Waals surface area contributed by atoms with E-state index in [0.29, 0.717) is 5.41 Å². The predicted octanol–water partition coefficient (Wildman–Crippen LogP) is 3.29. The van der Waals surface area contributed by atoms with Gasteiger partial charge in [-0.2, -0.15) is 0 Å². The molecular formula is C14H28N2. The van der Waals surface area contributed by atoms with E-state index in [1.807, 2.05) is 0 Å². The van der Waals surface area contributed by atoms with Crippen LogP contribution in [0.4, 0.5) is 0 Å². The van der Waals surface area contributed by atoms with Crippen molar-refractivity contribution in [2.24, 2.45) is 5.41 Å². The average Bonchev–Trinajstić information content (AvgIpc) is 2.40. The third-order valence-electron chi connectivity index (χ3n) is 5.03. The molecule has 2 aliphatic heterocycles. The number of hydrogen-bond acceptors (Lipinski definition) is 2. The molecule has 0 unspecified atom stereocenters. The van der Waals surface area contributed by atoms with E-state index in [-0.39, 0.29) is 0 Å². The van der Waals surface area contributed by atoms with Gasteiger partial charge >= 0.3 is 0 Å². The first kappa shape index (κ1) is 12.4. The summed E-state index contributed by atoms with van der Waals surface area (Å²) in [5.74, 6) is 0. The second-order valence-electron chi connectivity index (χ2n) is 5.68. The van der Waals surface area contributed by atoms with Crippen LogP contribution in [0, 0.1) is 5.41 Å². The van der Waals surface area contributed by atoms with E-state index >= 15 is 0 Å². The van der Waals surface area contributed by atoms with E-state index in [2.05, 4.69) is 23.9 Å². The van der Waals surface area contributed by atoms with Crippen LogP contribution in [0.25, 0.3) is 0 Å². The van der Waals surface area contributed by atoms with E-state index in [1.54, 1.807) is 0 Å². The van der Waals surface area contributed by atoms with Crippen molar-refractivity contribution in [3.63, 3.8) is 0 Å². The molecule has 2 nitrogen and oxygen atoms in total. The van der Waals surface area contributed by atoms with Crippen LogP contribution in [-0.4, -0.2) is 36.2 Å². The van der Waals surface area contributed by atoms with Gasteiger partial charge in [0.15, 0.2) is 0 Å². The Morgan fingerprint density at radius 3 is 1.75 bits per heavy atom. The predicted molar refractivity (Wildman–Crippen MR) is 69.2 cm³/mol. The standard InChI is InChI=1S/C14H28N2/c1-3-14(4-2)8-12-16(13-9-14)15-10-6-5-7-11-15/h3-13H2,1-2H3. The molecule has 0 amide bonds. The van der Waals surface area contributed by atoms with Gasteiger partial charge in [-0.3, -0.25) is 0 Å². The molecule has 2 heteroatoms. The van der Waals surface area contributed by atoms with E-state index in [9.17, 15) is 0 Å². The SMILES string of the molecule is CCC1(CC)CCN(N2CCCCC2)CC1. The maximum atomic E-state index is 2.64. The fourth-order valence-corrected chi connectivity index (χ4v) is 3.37. The zero-order valence-corrected chi connectivity index (χ0v) is 11.2. The van der Waals surface area contributed by atoms with E-state index in [0.717, 1.165) is 0 Å². The van der Waals surface area contributed by atoms with Gasteiger partial charge in [-0.1, -0.05) is 33.1 Å². The first-order valence-corrected chi connectivity index (χ1v) is 7.29. The average molecular weight is 224 g/mol. The van der Waals surface area contributed by atoms with Gasteiger partial charge in [0, 0.05) is 26.2 Å². The van der Waals surface area contributed by atoms with Crippen LogP contribution in [0.3, 0.4) is 0 Å². The summed E-state index contributed by atoms with van der Waals surface area (Å²) in [6, 6.07) is 0. The van der Waals surface area contributed by atoms with Gasteiger partial charge in [-0.05, 0) is 31.1 Å². The van der Waals surface area contributed by atoms with Gasteiger partial charge in [-0.25, -0.2) is 10.0 Å². The molecule has 0 aromatic heterocycles. The number of nitrogens with zero attached hydrogens (tertiary/aromatic N) is 2. The summed E-state index contributed by atoms with van der Waals surface area (Å²) in [4.78, 5) is 0. The molecule has 94 valence electrons. The first-order chi connectivity index (χ1) is 7.79. The molecule has 0 aromatic carbocycles. The van der Waals surface area contributed by atoms with Crippen LogP contribution in [0.2, 0.25) is 0 Å². The van der Waals surface area contributed by atoms with Crippen molar-refractivity contribution in [2.75, 3.05) is 26.2 Å². The van der Waals surface area contributed by atoms with Crippen molar-refractivity contribution in [1.82, 2.24) is 10.0 Å². The Labute approximate surface area is 101 Å². The zero-order valence-electron chi connectivity index (χ0n) is 11.2. The lowest BCUT2D eigenvalue weighted by Gasteiger charge is -2.46. The molecule has 2 rings (SSSR count). The van der Waals surface area contributed by atoms with Gasteiger partial charge in [0.1, 0.15) is 0 Å². The summed E-state index contributed by atoms with van der Waals surface area (Å²) < 4.78 is 0. The minimum absolute atomic E-state index is 0.673. The van der Waals surface area contributed by atoms with Crippen molar-refractivity contribution < 1.29 is 0 Å². The molecule has 0 aliphatic carbocycles. The molecule has 0 saturated carbocycles. The minimum Gasteiger partial charge on any atom is -0.242 e. The Kier molecular flexibility index (Phi) is 4.26. The van der Waals surface area contributed by atoms with Crippen LogP contribution in [0.1, 0.15) is 58.8 Å². The van der Waals surface area contributed by atoms with Crippen LogP contribution >= 0.6 is 0 Å². The molecule has 0 bridgehead atoms. The number of rotatable bonds is 3. The lowest BCUT2D eigenvalue weighted by atomic mass is 9.74. The largest absolute Gasteiger partial charge is 0.242 e. The van der Waals surface area contributed by atoms with Crippen molar-refractivity contribution >= 4 is 0 Å². The third-order valence-corrected chi connectivity index (χ3v) is 5.03. The summed E-state index contributed by atoms with van der Waals surface area (Å²) in [5, 5.41) is 5.27. The van der Waals surface area contributed by atoms with Gasteiger partial charge in [0.25, 0.3) is 0 Å². The summed E-state index contributed by atoms with van der Waals surface area (Å²) in [5.41, 5.74) is 0.673. The van der Waals surface area contributed by atoms with Crippen molar-refractivity contribution in [3.05, 3.63) is 0 Å². The van der Waals surface area contributed by atoms with Gasteiger partial charge in [0.2, 0.25) is 0 Å². The molecule has 0 N–H and O–H groups in total. The Balaban J connectivity index is 1.84. The Morgan fingerprint density at radius 2 is 1.25 bits per heavy atom. The fraction of sp³-hybridized carbons (Fsp3) is 1.00. The highest BCUT2D eigenvalue weighted by Crippen LogP contribution is 2.38.